The van der Waals surface area contributed by atoms with Crippen molar-refractivity contribution in [2.45, 2.75) is 24.7 Å². The maximum Gasteiger partial charge on any atom is 0.262 e. The molecule has 168 valence electrons. The number of para-hydroxylation sites is 1. The first kappa shape index (κ1) is 22.6. The summed E-state index contributed by atoms with van der Waals surface area (Å²) in [6, 6.07) is 24.5. The fraction of sp³-hybridized carbons (Fsp3) is 0.192. The van der Waals surface area contributed by atoms with Gasteiger partial charge in [0, 0.05) is 6.54 Å². The molecule has 0 aliphatic heterocycles. The Morgan fingerprint density at radius 1 is 1.06 bits per heavy atom. The quantitative estimate of drug-likeness (QED) is 0.312. The second-order valence-electron chi connectivity index (χ2n) is 7.59. The predicted octanol–water partition coefficient (Wildman–Crippen LogP) is 4.42. The molecule has 0 saturated carbocycles. The molecule has 1 aromatic heterocycles. The average Bonchev–Trinajstić information content (AvgIpc) is 2.86. The Morgan fingerprint density at radius 3 is 2.61 bits per heavy atom. The summed E-state index contributed by atoms with van der Waals surface area (Å²) >= 11 is 1.27. The molecular formula is C26H25N3O3S. The van der Waals surface area contributed by atoms with Gasteiger partial charge in [0.25, 0.3) is 5.56 Å². The minimum Gasteiger partial charge on any atom is -0.497 e. The van der Waals surface area contributed by atoms with Gasteiger partial charge in [0.05, 0.1) is 29.8 Å². The summed E-state index contributed by atoms with van der Waals surface area (Å²) in [7, 11) is 1.61. The van der Waals surface area contributed by atoms with Gasteiger partial charge in [-0.15, -0.1) is 0 Å². The maximum absolute atomic E-state index is 13.4. The van der Waals surface area contributed by atoms with E-state index in [0.29, 0.717) is 22.6 Å². The second kappa shape index (κ2) is 10.4. The maximum atomic E-state index is 13.4. The van der Waals surface area contributed by atoms with Gasteiger partial charge in [-0.2, -0.15) is 0 Å². The molecule has 1 N–H and O–H groups in total. The van der Waals surface area contributed by atoms with Gasteiger partial charge >= 0.3 is 0 Å². The molecule has 0 spiro atoms. The van der Waals surface area contributed by atoms with Crippen molar-refractivity contribution in [1.29, 1.82) is 0 Å². The predicted molar refractivity (Wildman–Crippen MR) is 132 cm³/mol. The van der Waals surface area contributed by atoms with Crippen LogP contribution in [0.3, 0.4) is 0 Å². The van der Waals surface area contributed by atoms with Crippen LogP contribution < -0.4 is 15.6 Å². The van der Waals surface area contributed by atoms with Crippen LogP contribution in [0.15, 0.2) is 88.8 Å². The van der Waals surface area contributed by atoms with Crippen molar-refractivity contribution in [2.75, 3.05) is 12.9 Å². The number of hydrogen-bond donors (Lipinski definition) is 1. The van der Waals surface area contributed by atoms with E-state index in [-0.39, 0.29) is 23.3 Å². The molecule has 0 aliphatic carbocycles. The molecule has 33 heavy (non-hydrogen) atoms. The van der Waals surface area contributed by atoms with Crippen molar-refractivity contribution < 1.29 is 9.53 Å². The van der Waals surface area contributed by atoms with Gasteiger partial charge in [0.2, 0.25) is 5.91 Å². The first-order valence-electron chi connectivity index (χ1n) is 10.7. The highest BCUT2D eigenvalue weighted by Gasteiger charge is 2.18. The number of carbonyl (C=O) groups excluding carboxylic acids is 1. The van der Waals surface area contributed by atoms with Crippen LogP contribution in [0.2, 0.25) is 0 Å². The molecule has 7 heteroatoms. The third-order valence-electron chi connectivity index (χ3n) is 5.40. The topological polar surface area (TPSA) is 73.2 Å². The Hall–Kier alpha value is -3.58. The number of aromatic nitrogens is 2. The largest absolute Gasteiger partial charge is 0.497 e. The number of hydrogen-bond acceptors (Lipinski definition) is 5. The zero-order chi connectivity index (χ0) is 23.2. The van der Waals surface area contributed by atoms with E-state index in [1.54, 1.807) is 17.7 Å². The highest BCUT2D eigenvalue weighted by atomic mass is 32.2. The molecule has 0 saturated heterocycles. The fourth-order valence-electron chi connectivity index (χ4n) is 3.61. The molecule has 0 aliphatic rings. The van der Waals surface area contributed by atoms with Crippen LogP contribution in [-0.4, -0.2) is 28.3 Å². The summed E-state index contributed by atoms with van der Waals surface area (Å²) < 4.78 is 6.91. The summed E-state index contributed by atoms with van der Waals surface area (Å²) in [5, 5.41) is 4.00. The van der Waals surface area contributed by atoms with E-state index in [0.717, 1.165) is 16.9 Å². The van der Waals surface area contributed by atoms with E-state index in [2.05, 4.69) is 5.32 Å². The number of nitrogens with one attached hydrogen (secondary N) is 1. The van der Waals surface area contributed by atoms with E-state index in [9.17, 15) is 9.59 Å². The molecule has 4 rings (SSSR count). The first-order chi connectivity index (χ1) is 16.1. The lowest BCUT2D eigenvalue weighted by molar-refractivity contribution is -0.118. The van der Waals surface area contributed by atoms with E-state index >= 15 is 0 Å². The molecular weight excluding hydrogens is 434 g/mol. The highest BCUT2D eigenvalue weighted by Crippen LogP contribution is 2.25. The minimum absolute atomic E-state index is 0.115. The summed E-state index contributed by atoms with van der Waals surface area (Å²) in [6.45, 7) is 2.37. The monoisotopic (exact) mass is 459 g/mol. The van der Waals surface area contributed by atoms with Crippen LogP contribution in [0.5, 0.6) is 5.75 Å². The number of thioether (sulfide) groups is 1. The lowest BCUT2D eigenvalue weighted by Crippen LogP contribution is -2.28. The number of benzene rings is 3. The SMILES string of the molecule is COc1cccc(CNC(=O)CSc2nc3ccccc3c(=O)n2C(C)c2ccccc2)c1. The third kappa shape index (κ3) is 5.26. The van der Waals surface area contributed by atoms with Gasteiger partial charge in [-0.25, -0.2) is 4.98 Å². The Balaban J connectivity index is 1.56. The number of nitrogens with zero attached hydrogens (tertiary/aromatic N) is 2. The van der Waals surface area contributed by atoms with Crippen LogP contribution in [0.4, 0.5) is 0 Å². The molecule has 4 aromatic rings. The zero-order valence-electron chi connectivity index (χ0n) is 18.5. The standard InChI is InChI=1S/C26H25N3O3S/c1-18(20-10-4-3-5-11-20)29-25(31)22-13-6-7-14-23(22)28-26(29)33-17-24(30)27-16-19-9-8-12-21(15-19)32-2/h3-15,18H,16-17H2,1-2H3,(H,27,30). The van der Waals surface area contributed by atoms with Gasteiger partial charge in [0.1, 0.15) is 5.75 Å². The normalized spacial score (nSPS) is 11.8. The fourth-order valence-corrected chi connectivity index (χ4v) is 4.52. The van der Waals surface area contributed by atoms with E-state index in [1.165, 1.54) is 11.8 Å². The van der Waals surface area contributed by atoms with Crippen LogP contribution in [0, 0.1) is 0 Å². The van der Waals surface area contributed by atoms with Crippen LogP contribution in [0.25, 0.3) is 10.9 Å². The molecule has 1 atom stereocenters. The molecule has 3 aromatic carbocycles. The van der Waals surface area contributed by atoms with Crippen molar-refractivity contribution in [1.82, 2.24) is 14.9 Å². The van der Waals surface area contributed by atoms with Gasteiger partial charge in [-0.05, 0) is 42.3 Å². The van der Waals surface area contributed by atoms with E-state index in [1.807, 2.05) is 79.7 Å². The van der Waals surface area contributed by atoms with Crippen molar-refractivity contribution in [2.24, 2.45) is 0 Å². The van der Waals surface area contributed by atoms with E-state index < -0.39 is 0 Å². The molecule has 0 fully saturated rings. The van der Waals surface area contributed by atoms with Crippen molar-refractivity contribution in [3.05, 3.63) is 100 Å². The summed E-state index contributed by atoms with van der Waals surface area (Å²) in [4.78, 5) is 30.7. The molecule has 0 bridgehead atoms. The first-order valence-corrected chi connectivity index (χ1v) is 11.6. The van der Waals surface area contributed by atoms with Gasteiger partial charge in [-0.3, -0.25) is 14.2 Å². The minimum atomic E-state index is -0.224. The number of rotatable bonds is 8. The van der Waals surface area contributed by atoms with Crippen LogP contribution in [0.1, 0.15) is 24.1 Å². The second-order valence-corrected chi connectivity index (χ2v) is 8.53. The zero-order valence-corrected chi connectivity index (χ0v) is 19.3. The number of methoxy groups -OCH3 is 1. The number of fused-ring (bicyclic) bond motifs is 1. The van der Waals surface area contributed by atoms with Gasteiger partial charge in [0.15, 0.2) is 5.16 Å². The average molecular weight is 460 g/mol. The molecule has 1 unspecified atom stereocenters. The lowest BCUT2D eigenvalue weighted by Gasteiger charge is -2.20. The third-order valence-corrected chi connectivity index (χ3v) is 6.35. The smallest absolute Gasteiger partial charge is 0.262 e. The van der Waals surface area contributed by atoms with Gasteiger partial charge in [-0.1, -0.05) is 66.4 Å². The number of ether oxygens (including phenoxy) is 1. The van der Waals surface area contributed by atoms with Crippen molar-refractivity contribution in [3.63, 3.8) is 0 Å². The summed E-state index contributed by atoms with van der Waals surface area (Å²) in [5.41, 5.74) is 2.46. The summed E-state index contributed by atoms with van der Waals surface area (Å²) in [5.74, 6) is 0.760. The van der Waals surface area contributed by atoms with Crippen LogP contribution >= 0.6 is 11.8 Å². The Morgan fingerprint density at radius 2 is 1.82 bits per heavy atom. The molecule has 6 nitrogen and oxygen atoms in total. The Labute approximate surface area is 196 Å². The Kier molecular flexibility index (Phi) is 7.10. The number of carbonyl (C=O) groups is 1. The van der Waals surface area contributed by atoms with Crippen molar-refractivity contribution in [3.8, 4) is 5.75 Å². The number of amides is 1. The Bertz CT molecular complexity index is 1320. The van der Waals surface area contributed by atoms with Gasteiger partial charge < -0.3 is 10.1 Å². The van der Waals surface area contributed by atoms with Crippen molar-refractivity contribution >= 4 is 28.6 Å². The molecule has 1 heterocycles. The van der Waals surface area contributed by atoms with E-state index in [4.69, 9.17) is 9.72 Å². The highest BCUT2D eigenvalue weighted by molar-refractivity contribution is 7.99. The van der Waals surface area contributed by atoms with Crippen LogP contribution in [-0.2, 0) is 11.3 Å². The molecule has 1 amide bonds. The summed E-state index contributed by atoms with van der Waals surface area (Å²) in [6.07, 6.45) is 0. The lowest BCUT2D eigenvalue weighted by atomic mass is 10.1. The molecule has 0 radical (unpaired) electrons.